The van der Waals surface area contributed by atoms with E-state index in [2.05, 4.69) is 43.0 Å². The van der Waals surface area contributed by atoms with E-state index in [1.165, 1.54) is 0 Å². The van der Waals surface area contributed by atoms with Crippen LogP contribution in [0.5, 0.6) is 0 Å². The summed E-state index contributed by atoms with van der Waals surface area (Å²) >= 11 is 1.94. The van der Waals surface area contributed by atoms with Crippen molar-refractivity contribution in [3.8, 4) is 0 Å². The molecule has 1 heterocycles. The van der Waals surface area contributed by atoms with Gasteiger partial charge in [0.1, 0.15) is 11.6 Å². The van der Waals surface area contributed by atoms with Crippen LogP contribution in [-0.4, -0.2) is 27.5 Å². The van der Waals surface area contributed by atoms with Gasteiger partial charge in [0.05, 0.1) is 0 Å². The Bertz CT molecular complexity index is 353. The Morgan fingerprint density at radius 2 is 2.00 bits per heavy atom. The Kier molecular flexibility index (Phi) is 5.75. The molecule has 96 valence electrons. The van der Waals surface area contributed by atoms with Gasteiger partial charge in [-0.1, -0.05) is 20.8 Å². The minimum Gasteiger partial charge on any atom is -0.367 e. The third-order valence-corrected chi connectivity index (χ3v) is 3.50. The molecule has 0 saturated heterocycles. The summed E-state index contributed by atoms with van der Waals surface area (Å²) in [7, 11) is 0. The Hall–Kier alpha value is -0.770. The summed E-state index contributed by atoms with van der Waals surface area (Å²) in [5.41, 5.74) is 1.03. The van der Waals surface area contributed by atoms with Crippen LogP contribution in [-0.2, 0) is 0 Å². The number of hydrogen-bond donors (Lipinski definition) is 1. The summed E-state index contributed by atoms with van der Waals surface area (Å²) < 4.78 is 0. The van der Waals surface area contributed by atoms with Crippen molar-refractivity contribution in [2.24, 2.45) is 0 Å². The average molecular weight is 253 g/mol. The molecular formula is C13H23N3S. The Morgan fingerprint density at radius 3 is 2.59 bits per heavy atom. The van der Waals surface area contributed by atoms with Crippen LogP contribution >= 0.6 is 11.8 Å². The number of aromatic nitrogens is 2. The van der Waals surface area contributed by atoms with Gasteiger partial charge in [-0.2, -0.15) is 11.8 Å². The average Bonchev–Trinajstić information content (AvgIpc) is 2.25. The predicted molar refractivity (Wildman–Crippen MR) is 76.9 cm³/mol. The molecule has 1 atom stereocenters. The number of nitrogens with one attached hydrogen (secondary N) is 1. The van der Waals surface area contributed by atoms with Crippen LogP contribution < -0.4 is 5.32 Å². The first-order chi connectivity index (χ1) is 8.02. The summed E-state index contributed by atoms with van der Waals surface area (Å²) in [6.45, 7) is 10.6. The second kappa shape index (κ2) is 6.84. The fraction of sp³-hybridized carbons (Fsp3) is 0.692. The third-order valence-electron chi connectivity index (χ3n) is 2.35. The molecule has 0 aliphatic heterocycles. The number of aryl methyl sites for hydroxylation is 1. The molecule has 0 aliphatic carbocycles. The quantitative estimate of drug-likeness (QED) is 0.842. The highest BCUT2D eigenvalue weighted by molar-refractivity contribution is 7.99. The fourth-order valence-electron chi connectivity index (χ4n) is 1.51. The molecule has 1 aromatic heterocycles. The largest absolute Gasteiger partial charge is 0.367 e. The molecule has 1 aromatic rings. The highest BCUT2D eigenvalue weighted by Gasteiger charge is 2.08. The van der Waals surface area contributed by atoms with Crippen LogP contribution in [0.15, 0.2) is 6.07 Å². The first kappa shape index (κ1) is 14.3. The van der Waals surface area contributed by atoms with Crippen molar-refractivity contribution in [1.29, 1.82) is 0 Å². The van der Waals surface area contributed by atoms with E-state index in [0.717, 1.165) is 28.8 Å². The Morgan fingerprint density at radius 1 is 1.29 bits per heavy atom. The lowest BCUT2D eigenvalue weighted by Gasteiger charge is -2.15. The second-order valence-corrected chi connectivity index (χ2v) is 5.93. The molecule has 1 rings (SSSR count). The number of hydrogen-bond acceptors (Lipinski definition) is 4. The summed E-state index contributed by atoms with van der Waals surface area (Å²) in [5.74, 6) is 4.51. The van der Waals surface area contributed by atoms with Crippen LogP contribution in [0.25, 0.3) is 0 Å². The van der Waals surface area contributed by atoms with E-state index in [-0.39, 0.29) is 0 Å². The lowest BCUT2D eigenvalue weighted by Crippen LogP contribution is -2.19. The normalized spacial score (nSPS) is 12.8. The molecule has 0 radical (unpaired) electrons. The maximum atomic E-state index is 4.55. The van der Waals surface area contributed by atoms with Gasteiger partial charge in [0.15, 0.2) is 0 Å². The molecule has 1 unspecified atom stereocenters. The molecule has 0 bridgehead atoms. The third kappa shape index (κ3) is 4.94. The maximum Gasteiger partial charge on any atom is 0.133 e. The van der Waals surface area contributed by atoms with Crippen LogP contribution in [0, 0.1) is 6.92 Å². The van der Waals surface area contributed by atoms with E-state index in [1.807, 2.05) is 24.8 Å². The van der Waals surface area contributed by atoms with Crippen molar-refractivity contribution in [3.05, 3.63) is 17.6 Å². The number of thioether (sulfide) groups is 1. The molecule has 0 fully saturated rings. The molecule has 1 N–H and O–H groups in total. The zero-order valence-corrected chi connectivity index (χ0v) is 12.3. The smallest absolute Gasteiger partial charge is 0.133 e. The van der Waals surface area contributed by atoms with Crippen LogP contribution in [0.4, 0.5) is 5.82 Å². The maximum absolute atomic E-state index is 4.55. The monoisotopic (exact) mass is 253 g/mol. The van der Waals surface area contributed by atoms with Crippen LogP contribution in [0.1, 0.15) is 45.1 Å². The SMILES string of the molecule is CCSCC(C)Nc1cc(C)nc(C(C)C)n1. The first-order valence-corrected chi connectivity index (χ1v) is 7.38. The van der Waals surface area contributed by atoms with Gasteiger partial charge in [-0.05, 0) is 19.6 Å². The molecule has 3 nitrogen and oxygen atoms in total. The van der Waals surface area contributed by atoms with Gasteiger partial charge in [0.25, 0.3) is 0 Å². The predicted octanol–water partition coefficient (Wildman–Crippen LogP) is 3.46. The van der Waals surface area contributed by atoms with E-state index in [1.54, 1.807) is 0 Å². The van der Waals surface area contributed by atoms with E-state index < -0.39 is 0 Å². The van der Waals surface area contributed by atoms with E-state index in [9.17, 15) is 0 Å². The number of nitrogens with zero attached hydrogens (tertiary/aromatic N) is 2. The van der Waals surface area contributed by atoms with Crippen molar-refractivity contribution in [3.63, 3.8) is 0 Å². The lowest BCUT2D eigenvalue weighted by molar-refractivity contribution is 0.762. The Balaban J connectivity index is 2.70. The van der Waals surface area contributed by atoms with Gasteiger partial charge in [0.2, 0.25) is 0 Å². The Labute approximate surface area is 109 Å². The molecule has 0 amide bonds. The van der Waals surface area contributed by atoms with Gasteiger partial charge in [-0.25, -0.2) is 9.97 Å². The molecule has 17 heavy (non-hydrogen) atoms. The molecule has 0 aromatic carbocycles. The zero-order chi connectivity index (χ0) is 12.8. The second-order valence-electron chi connectivity index (χ2n) is 4.61. The van der Waals surface area contributed by atoms with Gasteiger partial charge >= 0.3 is 0 Å². The summed E-state index contributed by atoms with van der Waals surface area (Å²) in [6.07, 6.45) is 0. The van der Waals surface area contributed by atoms with Crippen LogP contribution in [0.2, 0.25) is 0 Å². The zero-order valence-electron chi connectivity index (χ0n) is 11.4. The molecule has 4 heteroatoms. The standard InChI is InChI=1S/C13H23N3S/c1-6-17-8-11(5)14-12-7-10(4)15-13(16-12)9(2)3/h7,9,11H,6,8H2,1-5H3,(H,14,15,16). The number of rotatable bonds is 6. The summed E-state index contributed by atoms with van der Waals surface area (Å²) in [5, 5.41) is 3.44. The van der Waals surface area contributed by atoms with Crippen molar-refractivity contribution in [1.82, 2.24) is 9.97 Å². The summed E-state index contributed by atoms with van der Waals surface area (Å²) in [6, 6.07) is 2.45. The molecule has 0 spiro atoms. The minimum atomic E-state index is 0.371. The van der Waals surface area contributed by atoms with Gasteiger partial charge in [-0.15, -0.1) is 0 Å². The van der Waals surface area contributed by atoms with Gasteiger partial charge in [0, 0.05) is 29.5 Å². The summed E-state index contributed by atoms with van der Waals surface area (Å²) in [4.78, 5) is 9.00. The van der Waals surface area contributed by atoms with Crippen molar-refractivity contribution in [2.45, 2.75) is 46.6 Å². The molecule has 0 aliphatic rings. The van der Waals surface area contributed by atoms with E-state index >= 15 is 0 Å². The van der Waals surface area contributed by atoms with E-state index in [4.69, 9.17) is 0 Å². The first-order valence-electron chi connectivity index (χ1n) is 6.22. The van der Waals surface area contributed by atoms with Gasteiger partial charge < -0.3 is 5.32 Å². The number of anilines is 1. The van der Waals surface area contributed by atoms with Crippen molar-refractivity contribution in [2.75, 3.05) is 16.8 Å². The highest BCUT2D eigenvalue weighted by Crippen LogP contribution is 2.15. The molecular weight excluding hydrogens is 230 g/mol. The molecule has 0 saturated carbocycles. The fourth-order valence-corrected chi connectivity index (χ4v) is 2.18. The van der Waals surface area contributed by atoms with E-state index in [0.29, 0.717) is 12.0 Å². The minimum absolute atomic E-state index is 0.371. The van der Waals surface area contributed by atoms with Gasteiger partial charge in [-0.3, -0.25) is 0 Å². The topological polar surface area (TPSA) is 37.8 Å². The van der Waals surface area contributed by atoms with Crippen LogP contribution in [0.3, 0.4) is 0 Å². The van der Waals surface area contributed by atoms with Crippen molar-refractivity contribution < 1.29 is 0 Å². The lowest BCUT2D eigenvalue weighted by atomic mass is 10.2. The van der Waals surface area contributed by atoms with Crippen molar-refractivity contribution >= 4 is 17.6 Å². The highest BCUT2D eigenvalue weighted by atomic mass is 32.2.